The molecule has 0 unspecified atom stereocenters. The van der Waals surface area contributed by atoms with Crippen LogP contribution in [0.15, 0.2) is 60.7 Å². The number of aromatic nitrogens is 2. The molecular formula is C27H27N2O2+. The van der Waals surface area contributed by atoms with Gasteiger partial charge in [-0.1, -0.05) is 36.4 Å². The maximum Gasteiger partial charge on any atom is 0.254 e. The normalized spacial score (nSPS) is 12.7. The standard InChI is InChI=1S/C27H27N2O2/c1-18-13-24-25(14-19(18)2)29(17-26(30)22-7-5-4-6-8-22)20(3)28(24)16-21-9-10-27-23(15-21)11-12-31-27/h4-10,13-15H,11-12,16-17H2,1-3H3/q+1. The van der Waals surface area contributed by atoms with Gasteiger partial charge in [0.15, 0.2) is 17.6 Å². The van der Waals surface area contributed by atoms with Gasteiger partial charge in [-0.3, -0.25) is 4.79 Å². The van der Waals surface area contributed by atoms with E-state index in [4.69, 9.17) is 4.74 Å². The van der Waals surface area contributed by atoms with E-state index in [2.05, 4.69) is 60.2 Å². The van der Waals surface area contributed by atoms with E-state index in [0.717, 1.165) is 42.2 Å². The smallest absolute Gasteiger partial charge is 0.254 e. The van der Waals surface area contributed by atoms with Gasteiger partial charge >= 0.3 is 0 Å². The molecule has 0 fully saturated rings. The zero-order chi connectivity index (χ0) is 21.5. The van der Waals surface area contributed by atoms with Crippen LogP contribution in [-0.4, -0.2) is 17.0 Å². The second-order valence-electron chi connectivity index (χ2n) is 8.47. The van der Waals surface area contributed by atoms with Crippen LogP contribution in [0.5, 0.6) is 5.75 Å². The predicted molar refractivity (Wildman–Crippen MR) is 122 cm³/mol. The third kappa shape index (κ3) is 3.52. The molecule has 1 aliphatic heterocycles. The summed E-state index contributed by atoms with van der Waals surface area (Å²) in [5, 5.41) is 0. The summed E-state index contributed by atoms with van der Waals surface area (Å²) in [6.45, 7) is 8.26. The molecule has 0 bridgehead atoms. The topological polar surface area (TPSA) is 35.1 Å². The van der Waals surface area contributed by atoms with Crippen molar-refractivity contribution in [1.82, 2.24) is 4.57 Å². The maximum atomic E-state index is 13.0. The first-order valence-electron chi connectivity index (χ1n) is 10.8. The summed E-state index contributed by atoms with van der Waals surface area (Å²) in [5.41, 5.74) is 8.05. The third-order valence-electron chi connectivity index (χ3n) is 6.45. The minimum atomic E-state index is 0.126. The van der Waals surface area contributed by atoms with Crippen LogP contribution in [0.25, 0.3) is 11.0 Å². The Balaban J connectivity index is 1.59. The van der Waals surface area contributed by atoms with Crippen molar-refractivity contribution in [1.29, 1.82) is 0 Å². The first-order chi connectivity index (χ1) is 15.0. The summed E-state index contributed by atoms with van der Waals surface area (Å²) < 4.78 is 10.2. The molecule has 5 rings (SSSR count). The molecule has 4 aromatic rings. The number of hydrogen-bond acceptors (Lipinski definition) is 2. The highest BCUT2D eigenvalue weighted by molar-refractivity contribution is 5.96. The SMILES string of the molecule is Cc1cc2c(cc1C)[n+](Cc1ccc3c(c1)CCO3)c(C)n2CC(=O)c1ccccc1. The quantitative estimate of drug-likeness (QED) is 0.352. The summed E-state index contributed by atoms with van der Waals surface area (Å²) in [6, 6.07) is 20.5. The van der Waals surface area contributed by atoms with Crippen molar-refractivity contribution in [2.45, 2.75) is 40.3 Å². The highest BCUT2D eigenvalue weighted by Gasteiger charge is 2.25. The zero-order valence-electron chi connectivity index (χ0n) is 18.3. The van der Waals surface area contributed by atoms with Gasteiger partial charge in [0, 0.05) is 18.9 Å². The van der Waals surface area contributed by atoms with Crippen molar-refractivity contribution in [2.75, 3.05) is 6.61 Å². The highest BCUT2D eigenvalue weighted by atomic mass is 16.5. The Morgan fingerprint density at radius 2 is 1.77 bits per heavy atom. The van der Waals surface area contributed by atoms with Crippen LogP contribution in [-0.2, 0) is 19.5 Å². The van der Waals surface area contributed by atoms with E-state index in [0.29, 0.717) is 6.54 Å². The number of carbonyl (C=O) groups is 1. The lowest BCUT2D eigenvalue weighted by Gasteiger charge is -2.05. The lowest BCUT2D eigenvalue weighted by Crippen LogP contribution is -2.37. The highest BCUT2D eigenvalue weighted by Crippen LogP contribution is 2.26. The Morgan fingerprint density at radius 1 is 1.00 bits per heavy atom. The number of ketones is 1. The number of carbonyl (C=O) groups excluding carboxylic acids is 1. The summed E-state index contributed by atoms with van der Waals surface area (Å²) in [6.07, 6.45) is 0.971. The number of benzene rings is 3. The van der Waals surface area contributed by atoms with E-state index in [1.54, 1.807) is 0 Å². The number of rotatable bonds is 5. The van der Waals surface area contributed by atoms with Crippen molar-refractivity contribution in [2.24, 2.45) is 0 Å². The van der Waals surface area contributed by atoms with E-state index in [-0.39, 0.29) is 5.78 Å². The molecule has 0 saturated heterocycles. The maximum absolute atomic E-state index is 13.0. The number of Topliss-reactive ketones (excluding diaryl/α,β-unsaturated/α-hetero) is 1. The molecule has 0 radical (unpaired) electrons. The summed E-state index contributed by atoms with van der Waals surface area (Å²) in [4.78, 5) is 13.0. The molecule has 3 aromatic carbocycles. The Morgan fingerprint density at radius 3 is 2.58 bits per heavy atom. The van der Waals surface area contributed by atoms with Crippen LogP contribution < -0.4 is 9.30 Å². The minimum Gasteiger partial charge on any atom is -0.493 e. The number of imidazole rings is 1. The molecule has 1 aromatic heterocycles. The van der Waals surface area contributed by atoms with Crippen LogP contribution in [0, 0.1) is 20.8 Å². The second-order valence-corrected chi connectivity index (χ2v) is 8.47. The molecule has 156 valence electrons. The van der Waals surface area contributed by atoms with Crippen LogP contribution in [0.3, 0.4) is 0 Å². The van der Waals surface area contributed by atoms with E-state index >= 15 is 0 Å². The molecule has 0 saturated carbocycles. The Kier molecular flexibility index (Phi) is 4.85. The first kappa shape index (κ1) is 19.6. The fourth-order valence-electron chi connectivity index (χ4n) is 4.49. The largest absolute Gasteiger partial charge is 0.493 e. The molecule has 0 atom stereocenters. The number of nitrogens with zero attached hydrogens (tertiary/aromatic N) is 2. The lowest BCUT2D eigenvalue weighted by molar-refractivity contribution is -0.669. The molecule has 2 heterocycles. The lowest BCUT2D eigenvalue weighted by atomic mass is 10.1. The minimum absolute atomic E-state index is 0.126. The van der Waals surface area contributed by atoms with Gasteiger partial charge < -0.3 is 4.74 Å². The van der Waals surface area contributed by atoms with Gasteiger partial charge in [-0.15, -0.1) is 0 Å². The molecule has 0 aliphatic carbocycles. The third-order valence-corrected chi connectivity index (χ3v) is 6.45. The van der Waals surface area contributed by atoms with Crippen LogP contribution in [0.4, 0.5) is 0 Å². The Hall–Kier alpha value is -3.40. The molecule has 0 N–H and O–H groups in total. The van der Waals surface area contributed by atoms with Gasteiger partial charge in [0.1, 0.15) is 12.3 Å². The zero-order valence-corrected chi connectivity index (χ0v) is 18.3. The number of ether oxygens (including phenoxy) is 1. The summed E-state index contributed by atoms with van der Waals surface area (Å²) >= 11 is 0. The predicted octanol–water partition coefficient (Wildman–Crippen LogP) is 4.72. The van der Waals surface area contributed by atoms with E-state index < -0.39 is 0 Å². The van der Waals surface area contributed by atoms with Crippen LogP contribution in [0.1, 0.15) is 38.4 Å². The molecule has 1 aliphatic rings. The van der Waals surface area contributed by atoms with Crippen molar-refractivity contribution < 1.29 is 14.1 Å². The fraction of sp³-hybridized carbons (Fsp3) is 0.259. The molecule has 4 heteroatoms. The van der Waals surface area contributed by atoms with Crippen molar-refractivity contribution >= 4 is 16.8 Å². The average Bonchev–Trinajstić information content (AvgIpc) is 3.33. The average molecular weight is 412 g/mol. The number of hydrogen-bond donors (Lipinski definition) is 0. The number of aryl methyl sites for hydroxylation is 2. The van der Waals surface area contributed by atoms with Crippen LogP contribution in [0.2, 0.25) is 0 Å². The van der Waals surface area contributed by atoms with Crippen LogP contribution >= 0.6 is 0 Å². The molecule has 4 nitrogen and oxygen atoms in total. The Labute approximate surface area is 182 Å². The first-order valence-corrected chi connectivity index (χ1v) is 10.8. The summed E-state index contributed by atoms with van der Waals surface area (Å²) in [7, 11) is 0. The van der Waals surface area contributed by atoms with Gasteiger partial charge in [0.2, 0.25) is 5.78 Å². The van der Waals surface area contributed by atoms with Gasteiger partial charge in [-0.2, -0.15) is 0 Å². The van der Waals surface area contributed by atoms with Crippen molar-refractivity contribution in [3.63, 3.8) is 0 Å². The van der Waals surface area contributed by atoms with Gasteiger partial charge in [-0.25, -0.2) is 9.13 Å². The van der Waals surface area contributed by atoms with Gasteiger partial charge in [-0.05, 0) is 60.4 Å². The van der Waals surface area contributed by atoms with E-state index in [9.17, 15) is 4.79 Å². The molecular weight excluding hydrogens is 384 g/mol. The second kappa shape index (κ2) is 7.69. The molecule has 0 spiro atoms. The molecule has 31 heavy (non-hydrogen) atoms. The number of fused-ring (bicyclic) bond motifs is 2. The van der Waals surface area contributed by atoms with Crippen molar-refractivity contribution in [3.8, 4) is 5.75 Å². The van der Waals surface area contributed by atoms with Gasteiger partial charge in [0.25, 0.3) is 5.82 Å². The fourth-order valence-corrected chi connectivity index (χ4v) is 4.49. The van der Waals surface area contributed by atoms with E-state index in [1.807, 2.05) is 30.3 Å². The van der Waals surface area contributed by atoms with Crippen molar-refractivity contribution in [3.05, 3.63) is 94.3 Å². The molecule has 0 amide bonds. The Bertz CT molecular complexity index is 1300. The monoisotopic (exact) mass is 411 g/mol. The van der Waals surface area contributed by atoms with Gasteiger partial charge in [0.05, 0.1) is 6.61 Å². The van der Waals surface area contributed by atoms with E-state index in [1.165, 1.54) is 27.8 Å². The summed E-state index contributed by atoms with van der Waals surface area (Å²) in [5.74, 6) is 2.22.